The van der Waals surface area contributed by atoms with E-state index in [1.54, 1.807) is 5.57 Å². The second-order valence-corrected chi connectivity index (χ2v) is 15.0. The van der Waals surface area contributed by atoms with Gasteiger partial charge in [0.25, 0.3) is 0 Å². The minimum Gasteiger partial charge on any atom is -0.481 e. The van der Waals surface area contributed by atoms with Gasteiger partial charge >= 0.3 is 11.9 Å². The van der Waals surface area contributed by atoms with Gasteiger partial charge in [-0.25, -0.2) is 0 Å². The molecule has 4 aliphatic rings. The van der Waals surface area contributed by atoms with E-state index in [1.807, 2.05) is 0 Å². The molecule has 222 valence electrons. The van der Waals surface area contributed by atoms with Crippen LogP contribution < -0.4 is 0 Å². The van der Waals surface area contributed by atoms with Crippen LogP contribution in [-0.2, 0) is 14.3 Å². The van der Waals surface area contributed by atoms with Crippen LogP contribution in [0.25, 0.3) is 0 Å². The number of allylic oxidation sites excluding steroid dienone is 1. The van der Waals surface area contributed by atoms with Gasteiger partial charge in [0.2, 0.25) is 0 Å². The summed E-state index contributed by atoms with van der Waals surface area (Å²) in [6.45, 7) is 12.5. The van der Waals surface area contributed by atoms with E-state index in [2.05, 4.69) is 40.7 Å². The number of aliphatic carboxylic acids is 1. The molecule has 1 N–H and O–H groups in total. The zero-order valence-corrected chi connectivity index (χ0v) is 25.8. The van der Waals surface area contributed by atoms with Gasteiger partial charge in [0.05, 0.1) is 0 Å². The number of rotatable bonds is 13. The largest absolute Gasteiger partial charge is 0.481 e. The molecule has 0 aromatic carbocycles. The smallest absolute Gasteiger partial charge is 0.306 e. The van der Waals surface area contributed by atoms with Crippen LogP contribution in [-0.4, -0.2) is 23.1 Å². The van der Waals surface area contributed by atoms with Crippen LogP contribution in [0.1, 0.15) is 144 Å². The number of fused-ring (bicyclic) bond motifs is 5. The standard InChI is InChI=1S/C35H58O4/c1-24(2)11-10-12-25(3)29-17-18-30-28-16-15-26-23-27(39-33(38)14-9-7-6-8-13-32(36)37)19-21-34(26,4)31(28)20-22-35(29,30)5/h15,24-25,27-31H,6-14,16-23H2,1-5H3,(H,36,37)/t25-,27?,28?,29-,30?,31?,34+,35-/m1/s1. The van der Waals surface area contributed by atoms with Crippen LogP contribution in [0.2, 0.25) is 0 Å². The van der Waals surface area contributed by atoms with Gasteiger partial charge < -0.3 is 9.84 Å². The van der Waals surface area contributed by atoms with Crippen LogP contribution in [0.15, 0.2) is 11.6 Å². The van der Waals surface area contributed by atoms with Gasteiger partial charge in [-0.2, -0.15) is 0 Å². The Labute approximate surface area is 239 Å². The van der Waals surface area contributed by atoms with Crippen LogP contribution in [0.5, 0.6) is 0 Å². The number of ether oxygens (including phenoxy) is 1. The van der Waals surface area contributed by atoms with Gasteiger partial charge in [0, 0.05) is 19.3 Å². The SMILES string of the molecule is CC(C)CCC[C@@H](C)[C@H]1CCC2C3CC=C4CC(OC(=O)CCCCCCC(=O)O)CC[C@]4(C)C3CC[C@@]21C. The van der Waals surface area contributed by atoms with Crippen molar-refractivity contribution < 1.29 is 19.4 Å². The number of hydrogen-bond acceptors (Lipinski definition) is 3. The molecule has 0 spiro atoms. The zero-order valence-electron chi connectivity index (χ0n) is 25.8. The van der Waals surface area contributed by atoms with Crippen molar-refractivity contribution in [1.29, 1.82) is 0 Å². The first-order valence-electron chi connectivity index (χ1n) is 16.7. The lowest BCUT2D eigenvalue weighted by Gasteiger charge is -2.58. The summed E-state index contributed by atoms with van der Waals surface area (Å²) in [6, 6.07) is 0. The summed E-state index contributed by atoms with van der Waals surface area (Å²) in [5, 5.41) is 8.75. The van der Waals surface area contributed by atoms with E-state index in [4.69, 9.17) is 9.84 Å². The third-order valence-electron chi connectivity index (χ3n) is 12.1. The minimum atomic E-state index is -0.737. The Balaban J connectivity index is 1.30. The first-order valence-corrected chi connectivity index (χ1v) is 16.7. The Morgan fingerprint density at radius 1 is 0.923 bits per heavy atom. The maximum absolute atomic E-state index is 12.5. The predicted molar refractivity (Wildman–Crippen MR) is 158 cm³/mol. The maximum atomic E-state index is 12.5. The number of carbonyl (C=O) groups is 2. The number of carboxylic acid groups (broad SMARTS) is 1. The first kappa shape index (κ1) is 30.6. The Bertz CT molecular complexity index is 876. The average molecular weight is 543 g/mol. The normalized spacial score (nSPS) is 36.5. The van der Waals surface area contributed by atoms with Crippen molar-refractivity contribution in [3.8, 4) is 0 Å². The van der Waals surface area contributed by atoms with Crippen LogP contribution in [0, 0.1) is 46.3 Å². The van der Waals surface area contributed by atoms with Crippen LogP contribution >= 0.6 is 0 Å². The molecule has 8 atom stereocenters. The molecule has 3 fully saturated rings. The quantitative estimate of drug-likeness (QED) is 0.143. The Kier molecular flexibility index (Phi) is 10.3. The van der Waals surface area contributed by atoms with Crippen LogP contribution in [0.3, 0.4) is 0 Å². The highest BCUT2D eigenvalue weighted by Gasteiger charge is 2.59. The fourth-order valence-electron chi connectivity index (χ4n) is 9.90. The van der Waals surface area contributed by atoms with Crippen molar-refractivity contribution in [3.05, 3.63) is 11.6 Å². The fourth-order valence-corrected chi connectivity index (χ4v) is 9.90. The number of carbonyl (C=O) groups excluding carboxylic acids is 1. The highest BCUT2D eigenvalue weighted by atomic mass is 16.5. The summed E-state index contributed by atoms with van der Waals surface area (Å²) in [5.74, 6) is 4.30. The van der Waals surface area contributed by atoms with Crippen molar-refractivity contribution in [2.75, 3.05) is 0 Å². The molecule has 0 saturated heterocycles. The topological polar surface area (TPSA) is 63.6 Å². The number of hydrogen-bond donors (Lipinski definition) is 1. The molecule has 0 aliphatic heterocycles. The summed E-state index contributed by atoms with van der Waals surface area (Å²) >= 11 is 0. The molecule has 0 radical (unpaired) electrons. The lowest BCUT2D eigenvalue weighted by Crippen LogP contribution is -2.51. The average Bonchev–Trinajstić information content (AvgIpc) is 3.23. The molecular formula is C35H58O4. The molecule has 3 saturated carbocycles. The molecule has 4 nitrogen and oxygen atoms in total. The lowest BCUT2D eigenvalue weighted by atomic mass is 9.47. The van der Waals surface area contributed by atoms with E-state index >= 15 is 0 Å². The summed E-state index contributed by atoms with van der Waals surface area (Å²) in [6.07, 6.45) is 20.7. The maximum Gasteiger partial charge on any atom is 0.306 e. The molecule has 0 aromatic rings. The molecule has 4 unspecified atom stereocenters. The molecule has 39 heavy (non-hydrogen) atoms. The lowest BCUT2D eigenvalue weighted by molar-refractivity contribution is -0.151. The molecule has 0 aromatic heterocycles. The highest BCUT2D eigenvalue weighted by Crippen LogP contribution is 2.67. The second kappa shape index (κ2) is 13.1. The van der Waals surface area contributed by atoms with E-state index in [0.29, 0.717) is 18.3 Å². The molecular weight excluding hydrogens is 484 g/mol. The van der Waals surface area contributed by atoms with E-state index in [0.717, 1.165) is 74.0 Å². The van der Waals surface area contributed by atoms with Gasteiger partial charge in [-0.15, -0.1) is 0 Å². The summed E-state index contributed by atoms with van der Waals surface area (Å²) in [7, 11) is 0. The van der Waals surface area contributed by atoms with Gasteiger partial charge in [-0.05, 0) is 104 Å². The van der Waals surface area contributed by atoms with E-state index < -0.39 is 5.97 Å². The Hall–Kier alpha value is -1.32. The summed E-state index contributed by atoms with van der Waals surface area (Å²) < 4.78 is 5.96. The minimum absolute atomic E-state index is 0.0387. The summed E-state index contributed by atoms with van der Waals surface area (Å²) in [5.41, 5.74) is 2.40. The van der Waals surface area contributed by atoms with Gasteiger partial charge in [0.15, 0.2) is 0 Å². The van der Waals surface area contributed by atoms with Gasteiger partial charge in [0.1, 0.15) is 6.10 Å². The second-order valence-electron chi connectivity index (χ2n) is 15.0. The molecule has 4 rings (SSSR count). The first-order chi connectivity index (χ1) is 18.5. The molecule has 4 heteroatoms. The Morgan fingerprint density at radius 3 is 2.38 bits per heavy atom. The third-order valence-corrected chi connectivity index (χ3v) is 12.1. The number of carboxylic acids is 1. The van der Waals surface area contributed by atoms with Gasteiger partial charge in [-0.1, -0.05) is 78.4 Å². The number of unbranched alkanes of at least 4 members (excludes halogenated alkanes) is 3. The molecule has 0 bridgehead atoms. The predicted octanol–water partition coefficient (Wildman–Crippen LogP) is 9.36. The summed E-state index contributed by atoms with van der Waals surface area (Å²) in [4.78, 5) is 23.2. The van der Waals surface area contributed by atoms with E-state index in [9.17, 15) is 9.59 Å². The van der Waals surface area contributed by atoms with E-state index in [1.165, 1.54) is 51.4 Å². The molecule has 4 aliphatic carbocycles. The number of esters is 1. The zero-order chi connectivity index (χ0) is 28.2. The third kappa shape index (κ3) is 6.95. The Morgan fingerprint density at radius 2 is 1.67 bits per heavy atom. The molecule has 0 heterocycles. The van der Waals surface area contributed by atoms with Crippen molar-refractivity contribution in [3.63, 3.8) is 0 Å². The van der Waals surface area contributed by atoms with E-state index in [-0.39, 0.29) is 23.9 Å². The van der Waals surface area contributed by atoms with Gasteiger partial charge in [-0.3, -0.25) is 9.59 Å². The van der Waals surface area contributed by atoms with Crippen LogP contribution in [0.4, 0.5) is 0 Å². The highest BCUT2D eigenvalue weighted by molar-refractivity contribution is 5.69. The molecule has 0 amide bonds. The van der Waals surface area contributed by atoms with Crippen molar-refractivity contribution in [2.45, 2.75) is 150 Å². The fraction of sp³-hybridized carbons (Fsp3) is 0.886. The monoisotopic (exact) mass is 542 g/mol. The van der Waals surface area contributed by atoms with Crippen molar-refractivity contribution in [1.82, 2.24) is 0 Å². The van der Waals surface area contributed by atoms with Crippen molar-refractivity contribution >= 4 is 11.9 Å². The van der Waals surface area contributed by atoms with Crippen molar-refractivity contribution in [2.24, 2.45) is 46.3 Å².